The van der Waals surface area contributed by atoms with Gasteiger partial charge in [-0.15, -0.1) is 11.3 Å². The first-order chi connectivity index (χ1) is 10.8. The topological polar surface area (TPSA) is 71.5 Å². The largest absolute Gasteiger partial charge is 0.456 e. The zero-order chi connectivity index (χ0) is 15.4. The Morgan fingerprint density at radius 2 is 2.09 bits per heavy atom. The normalized spacial score (nSPS) is 10.6. The molecule has 3 aromatic rings. The fourth-order valence-electron chi connectivity index (χ4n) is 1.99. The lowest BCUT2D eigenvalue weighted by Crippen LogP contribution is -2.27. The van der Waals surface area contributed by atoms with Crippen LogP contribution in [-0.4, -0.2) is 29.1 Å². The van der Waals surface area contributed by atoms with E-state index in [-0.39, 0.29) is 24.8 Å². The lowest BCUT2D eigenvalue weighted by molar-refractivity contribution is 0.0940. The van der Waals surface area contributed by atoms with E-state index in [1.165, 1.54) is 11.3 Å². The molecule has 0 atom stereocenters. The Balaban J connectivity index is 1.97. The fourth-order valence-corrected chi connectivity index (χ4v) is 2.78. The maximum Gasteiger partial charge on any atom is 0.270 e. The second-order valence-electron chi connectivity index (χ2n) is 4.54. The highest BCUT2D eigenvalue weighted by Gasteiger charge is 2.14. The summed E-state index contributed by atoms with van der Waals surface area (Å²) in [7, 11) is 0. The molecule has 22 heavy (non-hydrogen) atoms. The first-order valence-electron chi connectivity index (χ1n) is 6.78. The van der Waals surface area contributed by atoms with E-state index in [9.17, 15) is 4.79 Å². The summed E-state index contributed by atoms with van der Waals surface area (Å²) in [4.78, 5) is 16.4. The molecule has 0 unspecified atom stereocenters. The summed E-state index contributed by atoms with van der Waals surface area (Å²) in [6.07, 6.45) is 0. The van der Waals surface area contributed by atoms with Gasteiger partial charge in [0.15, 0.2) is 0 Å². The van der Waals surface area contributed by atoms with Gasteiger partial charge in [-0.3, -0.25) is 4.79 Å². The summed E-state index contributed by atoms with van der Waals surface area (Å²) < 4.78 is 6.78. The van der Waals surface area contributed by atoms with E-state index in [2.05, 4.69) is 10.3 Å². The van der Waals surface area contributed by atoms with Crippen molar-refractivity contribution in [1.29, 1.82) is 0 Å². The summed E-state index contributed by atoms with van der Waals surface area (Å²) in [5.41, 5.74) is 0.984. The van der Waals surface area contributed by atoms with Crippen molar-refractivity contribution in [2.75, 3.05) is 13.2 Å². The average molecular weight is 314 g/mol. The molecule has 0 bridgehead atoms. The van der Waals surface area contributed by atoms with Gasteiger partial charge >= 0.3 is 0 Å². The molecular weight excluding hydrogens is 300 g/mol. The van der Waals surface area contributed by atoms with Gasteiger partial charge in [0.05, 0.1) is 16.8 Å². The number of thiophene rings is 1. The summed E-state index contributed by atoms with van der Waals surface area (Å²) in [6.45, 7) is 0.0802. The molecule has 6 heteroatoms. The summed E-state index contributed by atoms with van der Waals surface area (Å²) in [6, 6.07) is 12.9. The van der Waals surface area contributed by atoms with Crippen molar-refractivity contribution < 1.29 is 14.6 Å². The number of rotatable bonds is 5. The van der Waals surface area contributed by atoms with Gasteiger partial charge in [-0.25, -0.2) is 4.98 Å². The number of aliphatic hydroxyl groups is 1. The second kappa shape index (κ2) is 6.55. The number of carbonyl (C=O) groups excluding carboxylic acids is 1. The van der Waals surface area contributed by atoms with Gasteiger partial charge < -0.3 is 15.2 Å². The molecule has 0 aliphatic rings. The zero-order valence-electron chi connectivity index (χ0n) is 11.7. The van der Waals surface area contributed by atoms with Gasteiger partial charge in [0.1, 0.15) is 17.2 Å². The zero-order valence-corrected chi connectivity index (χ0v) is 12.5. The van der Waals surface area contributed by atoms with E-state index in [1.54, 1.807) is 6.07 Å². The number of ether oxygens (including phenoxy) is 1. The monoisotopic (exact) mass is 314 g/mol. The van der Waals surface area contributed by atoms with Crippen molar-refractivity contribution in [3.8, 4) is 11.5 Å². The third-order valence-corrected chi connectivity index (χ3v) is 3.90. The predicted molar refractivity (Wildman–Crippen MR) is 85.6 cm³/mol. The smallest absolute Gasteiger partial charge is 0.270 e. The number of hydrogen-bond acceptors (Lipinski definition) is 5. The molecular formula is C16H14N2O3S. The number of para-hydroxylation sites is 1. The molecule has 5 nitrogen and oxygen atoms in total. The van der Waals surface area contributed by atoms with Crippen LogP contribution in [0.3, 0.4) is 0 Å². The van der Waals surface area contributed by atoms with E-state index in [0.717, 1.165) is 4.70 Å². The molecule has 3 rings (SSSR count). The van der Waals surface area contributed by atoms with E-state index < -0.39 is 0 Å². The third kappa shape index (κ3) is 3.08. The van der Waals surface area contributed by atoms with Crippen LogP contribution in [0.1, 0.15) is 10.5 Å². The van der Waals surface area contributed by atoms with Crippen LogP contribution >= 0.6 is 11.3 Å². The average Bonchev–Trinajstić information content (AvgIpc) is 3.02. The van der Waals surface area contributed by atoms with E-state index in [0.29, 0.717) is 17.0 Å². The SMILES string of the molecule is O=C(NCCO)c1cc(Oc2ccccc2)c2sccc2n1. The van der Waals surface area contributed by atoms with Crippen LogP contribution in [0.2, 0.25) is 0 Å². The molecule has 0 aliphatic heterocycles. The Labute approximate surface area is 131 Å². The lowest BCUT2D eigenvalue weighted by atomic mass is 10.3. The molecule has 0 spiro atoms. The van der Waals surface area contributed by atoms with Gasteiger partial charge in [0, 0.05) is 12.6 Å². The van der Waals surface area contributed by atoms with Crippen LogP contribution in [0.5, 0.6) is 11.5 Å². The molecule has 1 aromatic carbocycles. The summed E-state index contributed by atoms with van der Waals surface area (Å²) in [5.74, 6) is 0.963. The third-order valence-electron chi connectivity index (χ3n) is 2.98. The van der Waals surface area contributed by atoms with Crippen LogP contribution in [0.4, 0.5) is 0 Å². The summed E-state index contributed by atoms with van der Waals surface area (Å²) >= 11 is 1.51. The van der Waals surface area contributed by atoms with E-state index >= 15 is 0 Å². The van der Waals surface area contributed by atoms with Crippen LogP contribution in [0.25, 0.3) is 10.2 Å². The number of amides is 1. The van der Waals surface area contributed by atoms with Crippen molar-refractivity contribution in [2.45, 2.75) is 0 Å². The van der Waals surface area contributed by atoms with Crippen LogP contribution in [-0.2, 0) is 0 Å². The number of benzene rings is 1. The van der Waals surface area contributed by atoms with Crippen molar-refractivity contribution >= 4 is 27.5 Å². The Morgan fingerprint density at radius 3 is 2.86 bits per heavy atom. The minimum Gasteiger partial charge on any atom is -0.456 e. The van der Waals surface area contributed by atoms with Gasteiger partial charge in [-0.2, -0.15) is 0 Å². The number of nitrogens with one attached hydrogen (secondary N) is 1. The first-order valence-corrected chi connectivity index (χ1v) is 7.66. The molecule has 0 aliphatic carbocycles. The van der Waals surface area contributed by atoms with Gasteiger partial charge in [-0.05, 0) is 23.6 Å². The predicted octanol–water partition coefficient (Wildman–Crippen LogP) is 2.81. The molecule has 2 aromatic heterocycles. The number of nitrogens with zero attached hydrogens (tertiary/aromatic N) is 1. The van der Waals surface area contributed by atoms with Gasteiger partial charge in [0.25, 0.3) is 5.91 Å². The number of aliphatic hydroxyl groups excluding tert-OH is 1. The van der Waals surface area contributed by atoms with Crippen molar-refractivity contribution in [3.05, 3.63) is 53.5 Å². The minimum absolute atomic E-state index is 0.111. The highest BCUT2D eigenvalue weighted by molar-refractivity contribution is 7.17. The van der Waals surface area contributed by atoms with Crippen LogP contribution in [0.15, 0.2) is 47.8 Å². The van der Waals surface area contributed by atoms with Crippen LogP contribution in [0, 0.1) is 0 Å². The fraction of sp³-hybridized carbons (Fsp3) is 0.125. The number of carbonyl (C=O) groups is 1. The Kier molecular flexibility index (Phi) is 4.32. The Hall–Kier alpha value is -2.44. The van der Waals surface area contributed by atoms with Crippen molar-refractivity contribution in [2.24, 2.45) is 0 Å². The summed E-state index contributed by atoms with van der Waals surface area (Å²) in [5, 5.41) is 13.3. The van der Waals surface area contributed by atoms with Crippen molar-refractivity contribution in [1.82, 2.24) is 10.3 Å². The maximum atomic E-state index is 12.0. The van der Waals surface area contributed by atoms with E-state index in [1.807, 2.05) is 41.8 Å². The molecule has 0 saturated carbocycles. The maximum absolute atomic E-state index is 12.0. The molecule has 0 saturated heterocycles. The van der Waals surface area contributed by atoms with Crippen LogP contribution < -0.4 is 10.1 Å². The highest BCUT2D eigenvalue weighted by Crippen LogP contribution is 2.33. The number of aromatic nitrogens is 1. The molecule has 0 radical (unpaired) electrons. The standard InChI is InChI=1S/C16H14N2O3S/c19-8-7-17-16(20)13-10-14(15-12(18-13)6-9-22-15)21-11-4-2-1-3-5-11/h1-6,9-10,19H,7-8H2,(H,17,20). The first kappa shape index (κ1) is 14.5. The second-order valence-corrected chi connectivity index (χ2v) is 5.45. The van der Waals surface area contributed by atoms with Crippen molar-refractivity contribution in [3.63, 3.8) is 0 Å². The molecule has 2 heterocycles. The Morgan fingerprint density at radius 1 is 1.27 bits per heavy atom. The van der Waals surface area contributed by atoms with Gasteiger partial charge in [0.2, 0.25) is 0 Å². The number of pyridine rings is 1. The van der Waals surface area contributed by atoms with Gasteiger partial charge in [-0.1, -0.05) is 18.2 Å². The molecule has 2 N–H and O–H groups in total. The number of hydrogen-bond donors (Lipinski definition) is 2. The Bertz CT molecular complexity index is 786. The molecule has 1 amide bonds. The minimum atomic E-state index is -0.333. The number of fused-ring (bicyclic) bond motifs is 1. The van der Waals surface area contributed by atoms with E-state index in [4.69, 9.17) is 9.84 Å². The lowest BCUT2D eigenvalue weighted by Gasteiger charge is -2.09. The highest BCUT2D eigenvalue weighted by atomic mass is 32.1. The molecule has 112 valence electrons. The molecule has 0 fully saturated rings. The quantitative estimate of drug-likeness (QED) is 0.759.